The van der Waals surface area contributed by atoms with Crippen molar-refractivity contribution >= 4 is 5.91 Å². The maximum absolute atomic E-state index is 13.7. The molecular formula is C19H26FN5O2. The molecule has 146 valence electrons. The first kappa shape index (κ1) is 19.4. The van der Waals surface area contributed by atoms with Crippen molar-refractivity contribution in [1.82, 2.24) is 24.8 Å². The fourth-order valence-corrected chi connectivity index (χ4v) is 3.08. The third-order valence-electron chi connectivity index (χ3n) is 4.72. The first-order chi connectivity index (χ1) is 13.1. The average molecular weight is 375 g/mol. The molecule has 1 fully saturated rings. The number of benzene rings is 1. The largest absolute Gasteiger partial charge is 0.379 e. The lowest BCUT2D eigenvalue weighted by Gasteiger charge is -2.26. The number of ether oxygens (including phenoxy) is 1. The predicted molar refractivity (Wildman–Crippen MR) is 99.0 cm³/mol. The Hall–Kier alpha value is -2.32. The Morgan fingerprint density at radius 1 is 1.26 bits per heavy atom. The molecule has 0 atom stereocenters. The van der Waals surface area contributed by atoms with Gasteiger partial charge in [0.15, 0.2) is 5.69 Å². The third kappa shape index (κ3) is 5.58. The molecule has 0 aliphatic carbocycles. The number of carbonyl (C=O) groups excluding carboxylic acids is 1. The molecule has 0 radical (unpaired) electrons. The highest BCUT2D eigenvalue weighted by atomic mass is 19.1. The number of amides is 1. The SMILES string of the molecule is CN(CCCCN1CCOCC1)C(=O)c1cn(Cc2ccccc2F)nn1. The summed E-state index contributed by atoms with van der Waals surface area (Å²) in [5.74, 6) is -0.459. The number of halogens is 1. The lowest BCUT2D eigenvalue weighted by Crippen LogP contribution is -2.37. The molecule has 0 bridgehead atoms. The Morgan fingerprint density at radius 2 is 2.04 bits per heavy atom. The molecule has 27 heavy (non-hydrogen) atoms. The molecular weight excluding hydrogens is 349 g/mol. The highest BCUT2D eigenvalue weighted by Crippen LogP contribution is 2.09. The van der Waals surface area contributed by atoms with Crippen molar-refractivity contribution in [2.45, 2.75) is 19.4 Å². The topological polar surface area (TPSA) is 63.5 Å². The smallest absolute Gasteiger partial charge is 0.275 e. The van der Waals surface area contributed by atoms with E-state index in [1.165, 1.54) is 10.7 Å². The van der Waals surface area contributed by atoms with Crippen LogP contribution in [0.5, 0.6) is 0 Å². The van der Waals surface area contributed by atoms with Crippen molar-refractivity contribution < 1.29 is 13.9 Å². The molecule has 1 aliphatic heterocycles. The van der Waals surface area contributed by atoms with Crippen LogP contribution in [0.1, 0.15) is 28.9 Å². The minimum Gasteiger partial charge on any atom is -0.379 e. The van der Waals surface area contributed by atoms with Crippen LogP contribution in [0.3, 0.4) is 0 Å². The van der Waals surface area contributed by atoms with Crippen LogP contribution in [0, 0.1) is 5.82 Å². The van der Waals surface area contributed by atoms with E-state index >= 15 is 0 Å². The fourth-order valence-electron chi connectivity index (χ4n) is 3.08. The van der Waals surface area contributed by atoms with Crippen molar-refractivity contribution in [1.29, 1.82) is 0 Å². The lowest BCUT2D eigenvalue weighted by atomic mass is 10.2. The Labute approximate surface area is 158 Å². The van der Waals surface area contributed by atoms with E-state index in [2.05, 4.69) is 15.2 Å². The van der Waals surface area contributed by atoms with Crippen molar-refractivity contribution in [2.75, 3.05) is 46.4 Å². The van der Waals surface area contributed by atoms with Crippen LogP contribution in [-0.2, 0) is 11.3 Å². The molecule has 2 heterocycles. The van der Waals surface area contributed by atoms with Crippen molar-refractivity contribution in [2.24, 2.45) is 0 Å². The monoisotopic (exact) mass is 375 g/mol. The number of rotatable bonds is 8. The van der Waals surface area contributed by atoms with Gasteiger partial charge in [-0.2, -0.15) is 0 Å². The Kier molecular flexibility index (Phi) is 6.89. The van der Waals surface area contributed by atoms with E-state index in [1.54, 1.807) is 36.3 Å². The summed E-state index contributed by atoms with van der Waals surface area (Å²) >= 11 is 0. The summed E-state index contributed by atoms with van der Waals surface area (Å²) in [6.07, 6.45) is 3.54. The van der Waals surface area contributed by atoms with Crippen LogP contribution in [0.2, 0.25) is 0 Å². The minimum absolute atomic E-state index is 0.166. The van der Waals surface area contributed by atoms with Gasteiger partial charge in [0.25, 0.3) is 5.91 Å². The predicted octanol–water partition coefficient (Wildman–Crippen LogP) is 1.65. The van der Waals surface area contributed by atoms with Crippen LogP contribution < -0.4 is 0 Å². The average Bonchev–Trinajstić information content (AvgIpc) is 3.15. The Balaban J connectivity index is 1.44. The van der Waals surface area contributed by atoms with Gasteiger partial charge in [-0.15, -0.1) is 5.10 Å². The molecule has 2 aromatic rings. The van der Waals surface area contributed by atoms with Crippen LogP contribution >= 0.6 is 0 Å². The van der Waals surface area contributed by atoms with E-state index < -0.39 is 0 Å². The van der Waals surface area contributed by atoms with Gasteiger partial charge in [-0.05, 0) is 25.5 Å². The van der Waals surface area contributed by atoms with Gasteiger partial charge >= 0.3 is 0 Å². The zero-order valence-electron chi connectivity index (χ0n) is 15.7. The lowest BCUT2D eigenvalue weighted by molar-refractivity contribution is 0.0369. The molecule has 7 nitrogen and oxygen atoms in total. The summed E-state index contributed by atoms with van der Waals surface area (Å²) in [7, 11) is 1.77. The van der Waals surface area contributed by atoms with E-state index in [-0.39, 0.29) is 24.0 Å². The number of nitrogens with zero attached hydrogens (tertiary/aromatic N) is 5. The van der Waals surface area contributed by atoms with Gasteiger partial charge in [-0.3, -0.25) is 9.69 Å². The van der Waals surface area contributed by atoms with Gasteiger partial charge < -0.3 is 9.64 Å². The number of hydrogen-bond donors (Lipinski definition) is 0. The maximum atomic E-state index is 13.7. The van der Waals surface area contributed by atoms with E-state index in [0.29, 0.717) is 12.1 Å². The number of hydrogen-bond acceptors (Lipinski definition) is 5. The quantitative estimate of drug-likeness (QED) is 0.657. The summed E-state index contributed by atoms with van der Waals surface area (Å²) in [6.45, 7) is 5.53. The van der Waals surface area contributed by atoms with E-state index in [4.69, 9.17) is 4.74 Å². The van der Waals surface area contributed by atoms with E-state index in [0.717, 1.165) is 45.7 Å². The molecule has 0 N–H and O–H groups in total. The highest BCUT2D eigenvalue weighted by molar-refractivity contribution is 5.91. The van der Waals surface area contributed by atoms with Crippen LogP contribution in [0.25, 0.3) is 0 Å². The first-order valence-corrected chi connectivity index (χ1v) is 9.32. The molecule has 1 aliphatic rings. The maximum Gasteiger partial charge on any atom is 0.275 e. The number of aromatic nitrogens is 3. The van der Waals surface area contributed by atoms with Crippen molar-refractivity contribution in [3.63, 3.8) is 0 Å². The summed E-state index contributed by atoms with van der Waals surface area (Å²) in [5, 5.41) is 7.89. The molecule has 0 saturated carbocycles. The summed E-state index contributed by atoms with van der Waals surface area (Å²) in [6, 6.07) is 6.51. The molecule has 1 aromatic heterocycles. The minimum atomic E-state index is -0.293. The van der Waals surface area contributed by atoms with Crippen LogP contribution in [0.4, 0.5) is 4.39 Å². The normalized spacial score (nSPS) is 15.0. The molecule has 8 heteroatoms. The van der Waals surface area contributed by atoms with Gasteiger partial charge in [0.05, 0.1) is 26.0 Å². The highest BCUT2D eigenvalue weighted by Gasteiger charge is 2.16. The molecule has 1 saturated heterocycles. The Morgan fingerprint density at radius 3 is 2.81 bits per heavy atom. The second kappa shape index (κ2) is 9.57. The first-order valence-electron chi connectivity index (χ1n) is 9.32. The standard InChI is InChI=1S/C19H26FN5O2/c1-23(8-4-5-9-24-10-12-27-13-11-24)19(26)18-15-25(22-21-18)14-16-6-2-3-7-17(16)20/h2-3,6-7,15H,4-5,8-14H2,1H3. The van der Waals surface area contributed by atoms with Crippen molar-refractivity contribution in [3.8, 4) is 0 Å². The van der Waals surface area contributed by atoms with E-state index in [1.807, 2.05) is 0 Å². The zero-order chi connectivity index (χ0) is 19.1. The van der Waals surface area contributed by atoms with Crippen LogP contribution in [-0.4, -0.2) is 77.1 Å². The molecule has 1 amide bonds. The van der Waals surface area contributed by atoms with Gasteiger partial charge in [0.1, 0.15) is 5.82 Å². The second-order valence-electron chi connectivity index (χ2n) is 6.78. The molecule has 3 rings (SSSR count). The second-order valence-corrected chi connectivity index (χ2v) is 6.78. The van der Waals surface area contributed by atoms with Gasteiger partial charge in [-0.25, -0.2) is 9.07 Å². The zero-order valence-corrected chi connectivity index (χ0v) is 15.7. The summed E-state index contributed by atoms with van der Waals surface area (Å²) in [5.41, 5.74) is 0.792. The number of unbranched alkanes of at least 4 members (excludes halogenated alkanes) is 1. The summed E-state index contributed by atoms with van der Waals surface area (Å²) < 4.78 is 20.6. The van der Waals surface area contributed by atoms with Gasteiger partial charge in [0.2, 0.25) is 0 Å². The Bertz CT molecular complexity index is 745. The number of carbonyl (C=O) groups is 1. The van der Waals surface area contributed by atoms with Crippen LogP contribution in [0.15, 0.2) is 30.5 Å². The molecule has 1 aromatic carbocycles. The van der Waals surface area contributed by atoms with Crippen molar-refractivity contribution in [3.05, 3.63) is 47.5 Å². The van der Waals surface area contributed by atoms with Gasteiger partial charge in [0, 0.05) is 32.2 Å². The van der Waals surface area contributed by atoms with Gasteiger partial charge in [-0.1, -0.05) is 23.4 Å². The molecule has 0 spiro atoms. The molecule has 0 unspecified atom stereocenters. The number of morpholine rings is 1. The summed E-state index contributed by atoms with van der Waals surface area (Å²) in [4.78, 5) is 16.5. The fraction of sp³-hybridized carbons (Fsp3) is 0.526. The van der Waals surface area contributed by atoms with E-state index in [9.17, 15) is 9.18 Å². The third-order valence-corrected chi connectivity index (χ3v) is 4.72.